The van der Waals surface area contributed by atoms with E-state index in [1.807, 2.05) is 0 Å². The van der Waals surface area contributed by atoms with Gasteiger partial charge in [0.05, 0.1) is 4.90 Å². The molecule has 3 N–H and O–H groups in total. The molecule has 0 aromatic heterocycles. The molecule has 6 heteroatoms. The predicted molar refractivity (Wildman–Crippen MR) is 80.5 cm³/mol. The van der Waals surface area contributed by atoms with Crippen molar-refractivity contribution in [2.45, 2.75) is 24.2 Å². The van der Waals surface area contributed by atoms with E-state index in [4.69, 9.17) is 5.14 Å². The molecule has 1 aromatic carbocycles. The van der Waals surface area contributed by atoms with Gasteiger partial charge >= 0.3 is 0 Å². The lowest BCUT2D eigenvalue weighted by Crippen LogP contribution is -2.16. The van der Waals surface area contributed by atoms with Gasteiger partial charge in [0.15, 0.2) is 0 Å². The van der Waals surface area contributed by atoms with E-state index in [0.29, 0.717) is 10.4 Å². The van der Waals surface area contributed by atoms with Crippen molar-refractivity contribution < 1.29 is 8.42 Å². The Balaban J connectivity index is 2.03. The number of anilines is 1. The molecule has 1 unspecified atom stereocenters. The maximum atomic E-state index is 11.2. The summed E-state index contributed by atoms with van der Waals surface area (Å²) in [6, 6.07) is 4.78. The lowest BCUT2D eigenvalue weighted by molar-refractivity contribution is 0.504. The van der Waals surface area contributed by atoms with Crippen LogP contribution < -0.4 is 10.5 Å². The molecular formula is C13H17BrN2O2S. The summed E-state index contributed by atoms with van der Waals surface area (Å²) >= 11 is 3.37. The van der Waals surface area contributed by atoms with Crippen LogP contribution in [-0.2, 0) is 10.0 Å². The zero-order valence-corrected chi connectivity index (χ0v) is 12.9. The van der Waals surface area contributed by atoms with Crippen LogP contribution in [0.4, 0.5) is 5.69 Å². The maximum absolute atomic E-state index is 11.2. The van der Waals surface area contributed by atoms with Gasteiger partial charge in [-0.05, 0) is 59.3 Å². The maximum Gasteiger partial charge on any atom is 0.238 e. The number of sulfonamides is 1. The summed E-state index contributed by atoms with van der Waals surface area (Å²) < 4.78 is 23.2. The Bertz CT molecular complexity index is 584. The molecule has 1 aromatic rings. The third-order valence-corrected chi connectivity index (χ3v) is 4.80. The molecule has 1 aliphatic carbocycles. The van der Waals surface area contributed by atoms with E-state index in [9.17, 15) is 8.42 Å². The number of nitrogens with one attached hydrogen (secondary N) is 1. The number of nitrogens with two attached hydrogens (primary N) is 1. The van der Waals surface area contributed by atoms with Crippen molar-refractivity contribution in [1.82, 2.24) is 0 Å². The summed E-state index contributed by atoms with van der Waals surface area (Å²) in [6.45, 7) is 0.887. The van der Waals surface area contributed by atoms with Gasteiger partial charge in [-0.2, -0.15) is 0 Å². The Labute approximate surface area is 122 Å². The molecule has 0 saturated carbocycles. The molecule has 0 heterocycles. The summed E-state index contributed by atoms with van der Waals surface area (Å²) in [4.78, 5) is 0.116. The monoisotopic (exact) mass is 344 g/mol. The largest absolute Gasteiger partial charge is 0.384 e. The first-order chi connectivity index (χ1) is 8.97. The van der Waals surface area contributed by atoms with Crippen LogP contribution in [0.15, 0.2) is 39.7 Å². The highest BCUT2D eigenvalue weighted by molar-refractivity contribution is 9.10. The minimum absolute atomic E-state index is 0.116. The van der Waals surface area contributed by atoms with Crippen LogP contribution in [0.3, 0.4) is 0 Å². The number of hydrogen-bond acceptors (Lipinski definition) is 3. The standard InChI is InChI=1S/C13H17BrN2O2S/c14-12-8-11(19(15,17)18)6-7-13(12)16-9-10-4-2-1-3-5-10/h1-2,6-8,10,16H,3-5,9H2,(H2,15,17,18). The van der Waals surface area contributed by atoms with Crippen molar-refractivity contribution in [3.63, 3.8) is 0 Å². The lowest BCUT2D eigenvalue weighted by Gasteiger charge is -2.19. The highest BCUT2D eigenvalue weighted by atomic mass is 79.9. The summed E-state index contributed by atoms with van der Waals surface area (Å²) in [5.41, 5.74) is 0.891. The van der Waals surface area contributed by atoms with Crippen molar-refractivity contribution in [3.8, 4) is 0 Å². The van der Waals surface area contributed by atoms with Gasteiger partial charge < -0.3 is 5.32 Å². The minimum atomic E-state index is -3.64. The van der Waals surface area contributed by atoms with E-state index in [1.165, 1.54) is 18.6 Å². The van der Waals surface area contributed by atoms with Gasteiger partial charge in [0, 0.05) is 16.7 Å². The second-order valence-corrected chi connectivity index (χ2v) is 7.13. The fourth-order valence-corrected chi connectivity index (χ4v) is 3.32. The van der Waals surface area contributed by atoms with Gasteiger partial charge in [0.1, 0.15) is 0 Å². The van der Waals surface area contributed by atoms with Gasteiger partial charge in [0.2, 0.25) is 10.0 Å². The van der Waals surface area contributed by atoms with Crippen molar-refractivity contribution in [2.75, 3.05) is 11.9 Å². The highest BCUT2D eigenvalue weighted by Gasteiger charge is 2.12. The molecule has 0 amide bonds. The first kappa shape index (κ1) is 14.6. The zero-order chi connectivity index (χ0) is 13.9. The van der Waals surface area contributed by atoms with Gasteiger partial charge in [-0.25, -0.2) is 13.6 Å². The fourth-order valence-electron chi connectivity index (χ4n) is 2.11. The minimum Gasteiger partial charge on any atom is -0.384 e. The van der Waals surface area contributed by atoms with Gasteiger partial charge in [-0.3, -0.25) is 0 Å². The molecular weight excluding hydrogens is 328 g/mol. The van der Waals surface area contributed by atoms with Crippen LogP contribution in [0.5, 0.6) is 0 Å². The second-order valence-electron chi connectivity index (χ2n) is 4.72. The van der Waals surface area contributed by atoms with Crippen LogP contribution in [0, 0.1) is 5.92 Å². The van der Waals surface area contributed by atoms with Crippen molar-refractivity contribution in [1.29, 1.82) is 0 Å². The fraction of sp³-hybridized carbons (Fsp3) is 0.385. The number of benzene rings is 1. The number of allylic oxidation sites excluding steroid dienone is 2. The van der Waals surface area contributed by atoms with Crippen LogP contribution in [0.25, 0.3) is 0 Å². The van der Waals surface area contributed by atoms with Crippen LogP contribution in [0.2, 0.25) is 0 Å². The van der Waals surface area contributed by atoms with E-state index in [1.54, 1.807) is 6.07 Å². The molecule has 1 aliphatic rings. The summed E-state index contributed by atoms with van der Waals surface area (Å²) in [7, 11) is -3.64. The van der Waals surface area contributed by atoms with Gasteiger partial charge in [-0.1, -0.05) is 12.2 Å². The Kier molecular flexibility index (Phi) is 4.65. The van der Waals surface area contributed by atoms with Crippen molar-refractivity contribution in [3.05, 3.63) is 34.8 Å². The average Bonchev–Trinajstić information content (AvgIpc) is 2.37. The molecule has 1 atom stereocenters. The molecule has 2 rings (SSSR count). The van der Waals surface area contributed by atoms with Crippen LogP contribution in [0.1, 0.15) is 19.3 Å². The van der Waals surface area contributed by atoms with E-state index in [0.717, 1.165) is 25.1 Å². The third kappa shape index (κ3) is 4.06. The molecule has 0 fully saturated rings. The summed E-state index contributed by atoms with van der Waals surface area (Å²) in [6.07, 6.45) is 7.86. The quantitative estimate of drug-likeness (QED) is 0.825. The Morgan fingerprint density at radius 1 is 1.37 bits per heavy atom. The molecule has 0 spiro atoms. The van der Waals surface area contributed by atoms with Gasteiger partial charge in [-0.15, -0.1) is 0 Å². The van der Waals surface area contributed by atoms with Crippen LogP contribution in [-0.4, -0.2) is 15.0 Å². The van der Waals surface area contributed by atoms with Crippen molar-refractivity contribution >= 4 is 31.6 Å². The summed E-state index contributed by atoms with van der Waals surface area (Å²) in [5.74, 6) is 0.634. The number of rotatable bonds is 4. The highest BCUT2D eigenvalue weighted by Crippen LogP contribution is 2.26. The van der Waals surface area contributed by atoms with E-state index in [2.05, 4.69) is 33.4 Å². The molecule has 0 radical (unpaired) electrons. The first-order valence-corrected chi connectivity index (χ1v) is 8.52. The normalized spacial score (nSPS) is 19.4. The Morgan fingerprint density at radius 2 is 2.16 bits per heavy atom. The Hall–Kier alpha value is -0.850. The second kappa shape index (κ2) is 6.07. The molecule has 19 heavy (non-hydrogen) atoms. The van der Waals surface area contributed by atoms with E-state index >= 15 is 0 Å². The smallest absolute Gasteiger partial charge is 0.238 e. The van der Waals surface area contributed by atoms with Crippen LogP contribution >= 0.6 is 15.9 Å². The lowest BCUT2D eigenvalue weighted by atomic mass is 9.94. The predicted octanol–water partition coefficient (Wildman–Crippen LogP) is 2.86. The average molecular weight is 345 g/mol. The Morgan fingerprint density at radius 3 is 2.74 bits per heavy atom. The molecule has 0 bridgehead atoms. The van der Waals surface area contributed by atoms with E-state index < -0.39 is 10.0 Å². The number of primary sulfonamides is 1. The molecule has 104 valence electrons. The van der Waals surface area contributed by atoms with Crippen molar-refractivity contribution in [2.24, 2.45) is 11.1 Å². The number of hydrogen-bond donors (Lipinski definition) is 2. The number of halogens is 1. The third-order valence-electron chi connectivity index (χ3n) is 3.23. The first-order valence-electron chi connectivity index (χ1n) is 6.18. The molecule has 0 saturated heterocycles. The SMILES string of the molecule is NS(=O)(=O)c1ccc(NCC2CC=CCC2)c(Br)c1. The summed E-state index contributed by atoms with van der Waals surface area (Å²) in [5, 5.41) is 8.43. The zero-order valence-electron chi connectivity index (χ0n) is 10.5. The molecule has 4 nitrogen and oxygen atoms in total. The molecule has 0 aliphatic heterocycles. The topological polar surface area (TPSA) is 72.2 Å². The van der Waals surface area contributed by atoms with Gasteiger partial charge in [0.25, 0.3) is 0 Å². The van der Waals surface area contributed by atoms with E-state index in [-0.39, 0.29) is 4.90 Å².